The number of nitrogens with one attached hydrogen (secondary N) is 1. The van der Waals surface area contributed by atoms with E-state index in [1.165, 1.54) is 0 Å². The smallest absolute Gasteiger partial charge is 0.322 e. The molecule has 0 atom stereocenters. The third-order valence-corrected chi connectivity index (χ3v) is 2.91. The Kier molecular flexibility index (Phi) is 3.64. The SMILES string of the molecule is CCNC(=O)N(c1ccc(CN)cc1)C1CC1. The molecule has 0 bridgehead atoms. The summed E-state index contributed by atoms with van der Waals surface area (Å²) in [5, 5.41) is 2.86. The zero-order valence-corrected chi connectivity index (χ0v) is 10.1. The molecule has 4 heteroatoms. The number of carbonyl (C=O) groups is 1. The normalized spacial score (nSPS) is 14.5. The molecule has 0 unspecified atom stereocenters. The van der Waals surface area contributed by atoms with E-state index in [-0.39, 0.29) is 6.03 Å². The van der Waals surface area contributed by atoms with Gasteiger partial charge in [0.05, 0.1) is 0 Å². The fourth-order valence-corrected chi connectivity index (χ4v) is 1.86. The molecule has 1 aromatic rings. The van der Waals surface area contributed by atoms with E-state index in [0.29, 0.717) is 19.1 Å². The number of amides is 2. The Balaban J connectivity index is 2.16. The van der Waals surface area contributed by atoms with Crippen molar-refractivity contribution in [3.05, 3.63) is 29.8 Å². The highest BCUT2D eigenvalue weighted by molar-refractivity contribution is 5.93. The summed E-state index contributed by atoms with van der Waals surface area (Å²) < 4.78 is 0. The van der Waals surface area contributed by atoms with Crippen molar-refractivity contribution in [2.45, 2.75) is 32.4 Å². The molecule has 17 heavy (non-hydrogen) atoms. The van der Waals surface area contributed by atoms with Crippen LogP contribution in [0, 0.1) is 0 Å². The monoisotopic (exact) mass is 233 g/mol. The summed E-state index contributed by atoms with van der Waals surface area (Å²) in [7, 11) is 0. The number of anilines is 1. The van der Waals surface area contributed by atoms with Crippen molar-refractivity contribution >= 4 is 11.7 Å². The number of carbonyl (C=O) groups excluding carboxylic acids is 1. The predicted octanol–water partition coefficient (Wildman–Crippen LogP) is 1.84. The molecule has 0 aromatic heterocycles. The lowest BCUT2D eigenvalue weighted by Crippen LogP contribution is -2.41. The molecular weight excluding hydrogens is 214 g/mol. The molecule has 1 aromatic carbocycles. The molecule has 0 aliphatic heterocycles. The molecule has 0 radical (unpaired) electrons. The van der Waals surface area contributed by atoms with Gasteiger partial charge in [-0.3, -0.25) is 4.90 Å². The minimum atomic E-state index is -0.00417. The first-order valence-electron chi connectivity index (χ1n) is 6.12. The van der Waals surface area contributed by atoms with Gasteiger partial charge < -0.3 is 11.1 Å². The van der Waals surface area contributed by atoms with E-state index in [1.54, 1.807) is 0 Å². The van der Waals surface area contributed by atoms with Crippen LogP contribution in [-0.2, 0) is 6.54 Å². The molecule has 1 fully saturated rings. The number of urea groups is 1. The van der Waals surface area contributed by atoms with Gasteiger partial charge in [0.1, 0.15) is 0 Å². The van der Waals surface area contributed by atoms with E-state index in [9.17, 15) is 4.79 Å². The predicted molar refractivity (Wildman–Crippen MR) is 68.9 cm³/mol. The second kappa shape index (κ2) is 5.19. The van der Waals surface area contributed by atoms with Gasteiger partial charge in [-0.15, -0.1) is 0 Å². The van der Waals surface area contributed by atoms with Crippen molar-refractivity contribution in [2.24, 2.45) is 5.73 Å². The second-order valence-electron chi connectivity index (χ2n) is 4.31. The van der Waals surface area contributed by atoms with Crippen molar-refractivity contribution in [3.8, 4) is 0 Å². The van der Waals surface area contributed by atoms with Crippen LogP contribution in [0.25, 0.3) is 0 Å². The van der Waals surface area contributed by atoms with Gasteiger partial charge in [0, 0.05) is 24.8 Å². The van der Waals surface area contributed by atoms with Crippen molar-refractivity contribution in [1.82, 2.24) is 5.32 Å². The van der Waals surface area contributed by atoms with Crippen LogP contribution in [-0.4, -0.2) is 18.6 Å². The van der Waals surface area contributed by atoms with Crippen LogP contribution in [0.15, 0.2) is 24.3 Å². The number of hydrogen-bond donors (Lipinski definition) is 2. The zero-order chi connectivity index (χ0) is 12.3. The summed E-state index contributed by atoms with van der Waals surface area (Å²) in [5.74, 6) is 0. The average Bonchev–Trinajstić information content (AvgIpc) is 3.15. The minimum absolute atomic E-state index is 0.00417. The summed E-state index contributed by atoms with van der Waals surface area (Å²) >= 11 is 0. The van der Waals surface area contributed by atoms with Crippen molar-refractivity contribution < 1.29 is 4.79 Å². The van der Waals surface area contributed by atoms with Crippen molar-refractivity contribution in [1.29, 1.82) is 0 Å². The lowest BCUT2D eigenvalue weighted by Gasteiger charge is -2.22. The molecule has 1 saturated carbocycles. The van der Waals surface area contributed by atoms with E-state index in [1.807, 2.05) is 36.1 Å². The Morgan fingerprint density at radius 2 is 2.06 bits per heavy atom. The number of rotatable bonds is 4. The fraction of sp³-hybridized carbons (Fsp3) is 0.462. The van der Waals surface area contributed by atoms with Crippen LogP contribution in [0.4, 0.5) is 10.5 Å². The third-order valence-electron chi connectivity index (χ3n) is 2.91. The maximum absolute atomic E-state index is 12.0. The number of benzene rings is 1. The van der Waals surface area contributed by atoms with E-state index in [2.05, 4.69) is 5.32 Å². The van der Waals surface area contributed by atoms with Gasteiger partial charge in [-0.1, -0.05) is 12.1 Å². The van der Waals surface area contributed by atoms with Gasteiger partial charge in [0.15, 0.2) is 0 Å². The summed E-state index contributed by atoms with van der Waals surface area (Å²) in [6, 6.07) is 8.25. The highest BCUT2D eigenvalue weighted by Crippen LogP contribution is 2.31. The number of nitrogens with two attached hydrogens (primary N) is 1. The average molecular weight is 233 g/mol. The molecule has 3 N–H and O–H groups in total. The fourth-order valence-electron chi connectivity index (χ4n) is 1.86. The van der Waals surface area contributed by atoms with Crippen LogP contribution >= 0.6 is 0 Å². The molecule has 1 aliphatic rings. The minimum Gasteiger partial charge on any atom is -0.338 e. The standard InChI is InChI=1S/C13H19N3O/c1-2-15-13(17)16(12-7-8-12)11-5-3-10(9-14)4-6-11/h3-6,12H,2,7-9,14H2,1H3,(H,15,17). The molecule has 92 valence electrons. The van der Waals surface area contributed by atoms with Crippen LogP contribution in [0.3, 0.4) is 0 Å². The Morgan fingerprint density at radius 3 is 2.53 bits per heavy atom. The molecule has 4 nitrogen and oxygen atoms in total. The maximum atomic E-state index is 12.0. The summed E-state index contributed by atoms with van der Waals surface area (Å²) in [5.41, 5.74) is 7.60. The van der Waals surface area contributed by atoms with Crippen LogP contribution < -0.4 is 16.0 Å². The van der Waals surface area contributed by atoms with Gasteiger partial charge in [0.25, 0.3) is 0 Å². The van der Waals surface area contributed by atoms with Crippen LogP contribution in [0.2, 0.25) is 0 Å². The summed E-state index contributed by atoms with van der Waals surface area (Å²) in [6.45, 7) is 3.12. The quantitative estimate of drug-likeness (QED) is 0.833. The molecule has 1 aliphatic carbocycles. The molecule has 2 rings (SSSR count). The second-order valence-corrected chi connectivity index (χ2v) is 4.31. The Labute approximate surface area is 102 Å². The van der Waals surface area contributed by atoms with E-state index in [0.717, 1.165) is 24.1 Å². The summed E-state index contributed by atoms with van der Waals surface area (Å²) in [4.78, 5) is 13.8. The Bertz CT molecular complexity index is 384. The zero-order valence-electron chi connectivity index (χ0n) is 10.1. The van der Waals surface area contributed by atoms with E-state index < -0.39 is 0 Å². The first kappa shape index (κ1) is 11.9. The van der Waals surface area contributed by atoms with Gasteiger partial charge in [0.2, 0.25) is 0 Å². The third kappa shape index (κ3) is 2.77. The van der Waals surface area contributed by atoms with E-state index in [4.69, 9.17) is 5.73 Å². The molecule has 0 saturated heterocycles. The topological polar surface area (TPSA) is 58.4 Å². The number of nitrogens with zero attached hydrogens (tertiary/aromatic N) is 1. The highest BCUT2D eigenvalue weighted by Gasteiger charge is 2.33. The Hall–Kier alpha value is -1.55. The van der Waals surface area contributed by atoms with Gasteiger partial charge in [-0.2, -0.15) is 0 Å². The lowest BCUT2D eigenvalue weighted by molar-refractivity contribution is 0.246. The Morgan fingerprint density at radius 1 is 1.41 bits per heavy atom. The van der Waals surface area contributed by atoms with Gasteiger partial charge in [-0.25, -0.2) is 4.79 Å². The largest absolute Gasteiger partial charge is 0.338 e. The van der Waals surface area contributed by atoms with E-state index >= 15 is 0 Å². The molecule has 0 spiro atoms. The lowest BCUT2D eigenvalue weighted by atomic mass is 10.2. The van der Waals surface area contributed by atoms with Crippen LogP contribution in [0.5, 0.6) is 0 Å². The maximum Gasteiger partial charge on any atom is 0.322 e. The van der Waals surface area contributed by atoms with Gasteiger partial charge in [-0.05, 0) is 37.5 Å². The van der Waals surface area contributed by atoms with Gasteiger partial charge >= 0.3 is 6.03 Å². The van der Waals surface area contributed by atoms with Crippen molar-refractivity contribution in [2.75, 3.05) is 11.4 Å². The molecular formula is C13H19N3O. The molecule has 2 amide bonds. The van der Waals surface area contributed by atoms with Crippen molar-refractivity contribution in [3.63, 3.8) is 0 Å². The summed E-state index contributed by atoms with van der Waals surface area (Å²) in [6.07, 6.45) is 2.19. The number of hydrogen-bond acceptors (Lipinski definition) is 2. The first-order chi connectivity index (χ1) is 8.26. The highest BCUT2D eigenvalue weighted by atomic mass is 16.2. The first-order valence-corrected chi connectivity index (χ1v) is 6.12. The molecule has 0 heterocycles. The van der Waals surface area contributed by atoms with Crippen LogP contribution in [0.1, 0.15) is 25.3 Å².